The maximum atomic E-state index is 13.2. The molecule has 0 bridgehead atoms. The third-order valence-corrected chi connectivity index (χ3v) is 5.56. The summed E-state index contributed by atoms with van der Waals surface area (Å²) in [4.78, 5) is 15.2. The van der Waals surface area contributed by atoms with Crippen LogP contribution in [-0.4, -0.2) is 39.1 Å². The molecule has 1 heterocycles. The molecule has 0 saturated carbocycles. The first-order chi connectivity index (χ1) is 13.4. The molecule has 1 atom stereocenters. The number of hydrogen-bond acceptors (Lipinski definition) is 4. The Morgan fingerprint density at radius 3 is 2.32 bits per heavy atom. The molecule has 1 aliphatic rings. The fraction of sp³-hybridized carbons (Fsp3) is 0.381. The first-order valence-corrected chi connectivity index (χ1v) is 11.3. The van der Waals surface area contributed by atoms with Gasteiger partial charge in [-0.1, -0.05) is 25.0 Å². The van der Waals surface area contributed by atoms with Crippen LogP contribution in [0.15, 0.2) is 48.5 Å². The lowest BCUT2D eigenvalue weighted by molar-refractivity contribution is 0.0681. The second kappa shape index (κ2) is 8.65. The lowest BCUT2D eigenvalue weighted by Crippen LogP contribution is -2.34. The van der Waals surface area contributed by atoms with E-state index < -0.39 is 10.0 Å². The van der Waals surface area contributed by atoms with E-state index in [1.54, 1.807) is 31.4 Å². The van der Waals surface area contributed by atoms with E-state index in [0.717, 1.165) is 43.3 Å². The number of ether oxygens (including phenoxy) is 1. The number of anilines is 1. The minimum absolute atomic E-state index is 0.0229. The van der Waals surface area contributed by atoms with Crippen molar-refractivity contribution in [3.63, 3.8) is 0 Å². The van der Waals surface area contributed by atoms with Crippen molar-refractivity contribution in [3.8, 4) is 5.75 Å². The highest BCUT2D eigenvalue weighted by Gasteiger charge is 2.27. The molecule has 0 aromatic heterocycles. The van der Waals surface area contributed by atoms with Crippen molar-refractivity contribution in [2.24, 2.45) is 0 Å². The number of sulfonamides is 1. The van der Waals surface area contributed by atoms with Crippen LogP contribution >= 0.6 is 0 Å². The molecule has 3 rings (SSSR count). The van der Waals surface area contributed by atoms with Gasteiger partial charge in [-0.05, 0) is 54.8 Å². The number of carbonyl (C=O) groups excluding carboxylic acids is 1. The zero-order valence-electron chi connectivity index (χ0n) is 16.2. The first-order valence-electron chi connectivity index (χ1n) is 9.40. The van der Waals surface area contributed by atoms with Gasteiger partial charge in [-0.2, -0.15) is 0 Å². The minimum atomic E-state index is -3.34. The van der Waals surface area contributed by atoms with Gasteiger partial charge in [0.2, 0.25) is 10.0 Å². The van der Waals surface area contributed by atoms with E-state index in [1.165, 1.54) is 0 Å². The fourth-order valence-electron chi connectivity index (χ4n) is 3.58. The van der Waals surface area contributed by atoms with Crippen molar-refractivity contribution in [1.29, 1.82) is 0 Å². The van der Waals surface area contributed by atoms with Gasteiger partial charge in [0.1, 0.15) is 5.75 Å². The number of nitrogens with zero attached hydrogens (tertiary/aromatic N) is 1. The number of amides is 1. The Kier molecular flexibility index (Phi) is 6.24. The first kappa shape index (κ1) is 20.2. The van der Waals surface area contributed by atoms with Crippen LogP contribution in [0.4, 0.5) is 5.69 Å². The molecule has 7 heteroatoms. The summed E-state index contributed by atoms with van der Waals surface area (Å²) in [6, 6.07) is 14.5. The molecule has 0 unspecified atom stereocenters. The molecule has 1 aliphatic heterocycles. The lowest BCUT2D eigenvalue weighted by Gasteiger charge is -2.31. The standard InChI is InChI=1S/C21H26N2O4S/c1-27-19-13-9-16(10-14-19)20-6-4-3-5-15-23(20)21(24)17-7-11-18(12-8-17)22-28(2,25)26/h7-14,20,22H,3-6,15H2,1-2H3/t20-/m1/s1. The van der Waals surface area contributed by atoms with E-state index in [1.807, 2.05) is 29.2 Å². The van der Waals surface area contributed by atoms with Crippen LogP contribution in [0.5, 0.6) is 5.75 Å². The van der Waals surface area contributed by atoms with Gasteiger partial charge in [-0.15, -0.1) is 0 Å². The number of methoxy groups -OCH3 is 1. The molecule has 28 heavy (non-hydrogen) atoms. The van der Waals surface area contributed by atoms with Crippen LogP contribution in [0.1, 0.15) is 47.6 Å². The molecular formula is C21H26N2O4S. The van der Waals surface area contributed by atoms with E-state index in [-0.39, 0.29) is 11.9 Å². The largest absolute Gasteiger partial charge is 0.497 e. The van der Waals surface area contributed by atoms with Crippen LogP contribution < -0.4 is 9.46 Å². The zero-order chi connectivity index (χ0) is 20.1. The van der Waals surface area contributed by atoms with Crippen molar-refractivity contribution in [2.45, 2.75) is 31.7 Å². The van der Waals surface area contributed by atoms with Gasteiger partial charge in [-0.25, -0.2) is 8.42 Å². The average molecular weight is 403 g/mol. The quantitative estimate of drug-likeness (QED) is 0.825. The predicted octanol–water partition coefficient (Wildman–Crippen LogP) is 3.82. The van der Waals surface area contributed by atoms with Crippen LogP contribution in [-0.2, 0) is 10.0 Å². The van der Waals surface area contributed by atoms with Gasteiger partial charge in [0.15, 0.2) is 0 Å². The summed E-state index contributed by atoms with van der Waals surface area (Å²) in [7, 11) is -1.70. The topological polar surface area (TPSA) is 75.7 Å². The van der Waals surface area contributed by atoms with Crippen LogP contribution in [0.3, 0.4) is 0 Å². The van der Waals surface area contributed by atoms with Gasteiger partial charge >= 0.3 is 0 Å². The normalized spacial score (nSPS) is 17.6. The summed E-state index contributed by atoms with van der Waals surface area (Å²) < 4.78 is 30.4. The predicted molar refractivity (Wildman–Crippen MR) is 110 cm³/mol. The number of hydrogen-bond donors (Lipinski definition) is 1. The lowest BCUT2D eigenvalue weighted by atomic mass is 10.00. The molecule has 1 saturated heterocycles. The van der Waals surface area contributed by atoms with Crippen LogP contribution in [0.2, 0.25) is 0 Å². The van der Waals surface area contributed by atoms with E-state index in [4.69, 9.17) is 4.74 Å². The second-order valence-corrected chi connectivity index (χ2v) is 8.84. The second-order valence-electron chi connectivity index (χ2n) is 7.09. The fourth-order valence-corrected chi connectivity index (χ4v) is 4.15. The highest BCUT2D eigenvalue weighted by atomic mass is 32.2. The number of likely N-dealkylation sites (tertiary alicyclic amines) is 1. The monoisotopic (exact) mass is 402 g/mol. The average Bonchev–Trinajstić information content (AvgIpc) is 2.93. The third kappa shape index (κ3) is 5.04. The van der Waals surface area contributed by atoms with Gasteiger partial charge in [0, 0.05) is 17.8 Å². The van der Waals surface area contributed by atoms with Gasteiger partial charge in [0.25, 0.3) is 5.91 Å². The number of nitrogens with one attached hydrogen (secondary N) is 1. The Labute approximate surface area is 166 Å². The summed E-state index contributed by atoms with van der Waals surface area (Å²) in [5.41, 5.74) is 2.10. The minimum Gasteiger partial charge on any atom is -0.497 e. The molecule has 0 radical (unpaired) electrons. The highest BCUT2D eigenvalue weighted by molar-refractivity contribution is 7.92. The van der Waals surface area contributed by atoms with E-state index in [2.05, 4.69) is 4.72 Å². The number of rotatable bonds is 5. The van der Waals surface area contributed by atoms with E-state index in [0.29, 0.717) is 17.8 Å². The third-order valence-electron chi connectivity index (χ3n) is 4.95. The highest BCUT2D eigenvalue weighted by Crippen LogP contribution is 2.32. The molecule has 2 aromatic carbocycles. The van der Waals surface area contributed by atoms with Crippen molar-refractivity contribution < 1.29 is 17.9 Å². The number of carbonyl (C=O) groups is 1. The maximum Gasteiger partial charge on any atom is 0.254 e. The van der Waals surface area contributed by atoms with Gasteiger partial charge in [-0.3, -0.25) is 9.52 Å². The van der Waals surface area contributed by atoms with E-state index in [9.17, 15) is 13.2 Å². The van der Waals surface area contributed by atoms with Gasteiger partial charge in [0.05, 0.1) is 19.4 Å². The summed E-state index contributed by atoms with van der Waals surface area (Å²) in [5, 5.41) is 0. The SMILES string of the molecule is COc1ccc([C@H]2CCCCCN2C(=O)c2ccc(NS(C)(=O)=O)cc2)cc1. The number of benzene rings is 2. The molecule has 1 N–H and O–H groups in total. The smallest absolute Gasteiger partial charge is 0.254 e. The molecule has 6 nitrogen and oxygen atoms in total. The molecule has 0 aliphatic carbocycles. The Morgan fingerprint density at radius 1 is 1.04 bits per heavy atom. The Morgan fingerprint density at radius 2 is 1.71 bits per heavy atom. The maximum absolute atomic E-state index is 13.2. The van der Waals surface area contributed by atoms with E-state index >= 15 is 0 Å². The summed E-state index contributed by atoms with van der Waals surface area (Å²) in [6.07, 6.45) is 5.19. The van der Waals surface area contributed by atoms with Crippen molar-refractivity contribution in [2.75, 3.05) is 24.6 Å². The molecule has 1 amide bonds. The molecule has 2 aromatic rings. The molecular weight excluding hydrogens is 376 g/mol. The van der Waals surface area contributed by atoms with Crippen LogP contribution in [0.25, 0.3) is 0 Å². The van der Waals surface area contributed by atoms with Crippen LogP contribution in [0, 0.1) is 0 Å². The van der Waals surface area contributed by atoms with Crippen molar-refractivity contribution in [3.05, 3.63) is 59.7 Å². The van der Waals surface area contributed by atoms with Crippen molar-refractivity contribution in [1.82, 2.24) is 4.90 Å². The molecule has 150 valence electrons. The molecule has 1 fully saturated rings. The Balaban J connectivity index is 1.83. The zero-order valence-corrected chi connectivity index (χ0v) is 17.0. The molecule has 0 spiro atoms. The Hall–Kier alpha value is -2.54. The summed E-state index contributed by atoms with van der Waals surface area (Å²) >= 11 is 0. The summed E-state index contributed by atoms with van der Waals surface area (Å²) in [6.45, 7) is 0.707. The summed E-state index contributed by atoms with van der Waals surface area (Å²) in [5.74, 6) is 0.762. The van der Waals surface area contributed by atoms with Crippen molar-refractivity contribution >= 4 is 21.6 Å². The van der Waals surface area contributed by atoms with Gasteiger partial charge < -0.3 is 9.64 Å². The Bertz CT molecular complexity index is 908.